The number of amides is 1. The van der Waals surface area contributed by atoms with Crippen molar-refractivity contribution in [1.29, 1.82) is 0 Å². The number of nitrogens with one attached hydrogen (secondary N) is 1. The largest absolute Gasteiger partial charge is 0.478 e. The van der Waals surface area contributed by atoms with Gasteiger partial charge in [0.1, 0.15) is 0 Å². The van der Waals surface area contributed by atoms with Crippen LogP contribution in [-0.2, 0) is 19.1 Å². The van der Waals surface area contributed by atoms with E-state index in [4.69, 9.17) is 9.84 Å². The summed E-state index contributed by atoms with van der Waals surface area (Å²) in [5, 5.41) is 11.5. The van der Waals surface area contributed by atoms with Crippen LogP contribution in [0.4, 0.5) is 0 Å². The third-order valence-electron chi connectivity index (χ3n) is 3.72. The zero-order valence-corrected chi connectivity index (χ0v) is 12.9. The maximum atomic E-state index is 12.1. The molecule has 23 heavy (non-hydrogen) atoms. The molecule has 1 atom stereocenters. The molecule has 0 aliphatic carbocycles. The molecule has 7 nitrogen and oxygen atoms in total. The number of carboxylic acids is 1. The summed E-state index contributed by atoms with van der Waals surface area (Å²) < 4.78 is 4.88. The molecule has 2 heterocycles. The fourth-order valence-corrected chi connectivity index (χ4v) is 2.60. The zero-order chi connectivity index (χ0) is 16.8. The van der Waals surface area contributed by atoms with Crippen LogP contribution in [0.3, 0.4) is 0 Å². The number of hydrogen-bond donors (Lipinski definition) is 2. The highest BCUT2D eigenvalue weighted by molar-refractivity contribution is 5.83. The van der Waals surface area contributed by atoms with Gasteiger partial charge in [-0.05, 0) is 31.4 Å². The molecule has 1 amide bonds. The number of hydrogen-bond acceptors (Lipinski definition) is 5. The molecule has 0 aromatic heterocycles. The lowest BCUT2D eigenvalue weighted by Gasteiger charge is -2.31. The number of esters is 1. The Morgan fingerprint density at radius 3 is 3.00 bits per heavy atom. The van der Waals surface area contributed by atoms with Gasteiger partial charge in [0.05, 0.1) is 6.61 Å². The van der Waals surface area contributed by atoms with Gasteiger partial charge in [0, 0.05) is 43.1 Å². The average molecular weight is 320 g/mol. The number of ether oxygens (including phenoxy) is 1. The van der Waals surface area contributed by atoms with Crippen molar-refractivity contribution in [2.24, 2.45) is 5.92 Å². The van der Waals surface area contributed by atoms with E-state index in [2.05, 4.69) is 5.32 Å². The summed E-state index contributed by atoms with van der Waals surface area (Å²) in [6.45, 7) is 2.60. The van der Waals surface area contributed by atoms with Gasteiger partial charge in [0.2, 0.25) is 5.91 Å². The van der Waals surface area contributed by atoms with Gasteiger partial charge < -0.3 is 20.1 Å². The van der Waals surface area contributed by atoms with E-state index in [-0.39, 0.29) is 24.2 Å². The predicted molar refractivity (Wildman–Crippen MR) is 81.8 cm³/mol. The lowest BCUT2D eigenvalue weighted by atomic mass is 9.88. The Kier molecular flexibility index (Phi) is 5.56. The fraction of sp³-hybridized carbons (Fsp3) is 0.438. The Labute approximate surface area is 134 Å². The summed E-state index contributed by atoms with van der Waals surface area (Å²) in [5.74, 6) is -1.67. The minimum atomic E-state index is -1.01. The van der Waals surface area contributed by atoms with Gasteiger partial charge in [-0.1, -0.05) is 0 Å². The van der Waals surface area contributed by atoms with E-state index in [0.29, 0.717) is 26.0 Å². The summed E-state index contributed by atoms with van der Waals surface area (Å²) in [6, 6.07) is 0. The molecule has 7 heteroatoms. The molecule has 2 rings (SSSR count). The van der Waals surface area contributed by atoms with Crippen LogP contribution in [0.25, 0.3) is 0 Å². The molecular weight excluding hydrogens is 300 g/mol. The summed E-state index contributed by atoms with van der Waals surface area (Å²) in [6.07, 6.45) is 7.23. The van der Waals surface area contributed by atoms with Crippen LogP contribution in [0.5, 0.6) is 0 Å². The summed E-state index contributed by atoms with van der Waals surface area (Å²) in [5.41, 5.74) is 1.79. The lowest BCUT2D eigenvalue weighted by molar-refractivity contribution is -0.143. The van der Waals surface area contributed by atoms with Gasteiger partial charge in [-0.2, -0.15) is 0 Å². The Morgan fingerprint density at radius 2 is 2.30 bits per heavy atom. The second kappa shape index (κ2) is 7.62. The monoisotopic (exact) mass is 320 g/mol. The minimum Gasteiger partial charge on any atom is -0.478 e. The molecule has 0 aromatic carbocycles. The van der Waals surface area contributed by atoms with E-state index < -0.39 is 5.97 Å². The number of nitrogens with zero attached hydrogens (tertiary/aromatic N) is 1. The molecule has 2 aliphatic rings. The standard InChI is InChI=1S/C16H20N2O5/c1-2-23-15(21)4-3-11-9-12-10-18(8-6-14(19)20)7-5-13(12)17-16(11)22/h5-8,11H,2-4,9-10H2,1H3,(H,17,22)(H,19,20). The van der Waals surface area contributed by atoms with Crippen LogP contribution in [0.2, 0.25) is 0 Å². The number of rotatable bonds is 6. The van der Waals surface area contributed by atoms with E-state index >= 15 is 0 Å². The predicted octanol–water partition coefficient (Wildman–Crippen LogP) is 1.15. The van der Waals surface area contributed by atoms with Gasteiger partial charge in [-0.15, -0.1) is 0 Å². The first-order valence-corrected chi connectivity index (χ1v) is 7.53. The molecule has 1 unspecified atom stereocenters. The molecule has 0 fully saturated rings. The van der Waals surface area contributed by atoms with Crippen molar-refractivity contribution in [2.45, 2.75) is 26.2 Å². The Balaban J connectivity index is 1.96. The summed E-state index contributed by atoms with van der Waals surface area (Å²) >= 11 is 0. The zero-order valence-electron chi connectivity index (χ0n) is 12.9. The van der Waals surface area contributed by atoms with Gasteiger partial charge in [0.15, 0.2) is 0 Å². The van der Waals surface area contributed by atoms with Crippen molar-refractivity contribution in [3.63, 3.8) is 0 Å². The quantitative estimate of drug-likeness (QED) is 0.563. The van der Waals surface area contributed by atoms with Crippen LogP contribution in [-0.4, -0.2) is 41.0 Å². The van der Waals surface area contributed by atoms with Crippen molar-refractivity contribution in [1.82, 2.24) is 10.2 Å². The Bertz CT molecular complexity index is 591. The second-order valence-corrected chi connectivity index (χ2v) is 5.39. The third-order valence-corrected chi connectivity index (χ3v) is 3.72. The van der Waals surface area contributed by atoms with Crippen molar-refractivity contribution < 1.29 is 24.2 Å². The first-order valence-electron chi connectivity index (χ1n) is 7.53. The number of allylic oxidation sites excluding steroid dienone is 1. The number of aliphatic carboxylic acids is 1. The van der Waals surface area contributed by atoms with Gasteiger partial charge in [0.25, 0.3) is 0 Å². The van der Waals surface area contributed by atoms with E-state index in [1.54, 1.807) is 24.1 Å². The Morgan fingerprint density at radius 1 is 1.52 bits per heavy atom. The van der Waals surface area contributed by atoms with Crippen molar-refractivity contribution in [2.75, 3.05) is 13.2 Å². The molecule has 0 saturated carbocycles. The van der Waals surface area contributed by atoms with Gasteiger partial charge in [-0.3, -0.25) is 9.59 Å². The molecule has 0 saturated heterocycles. The van der Waals surface area contributed by atoms with E-state index in [1.165, 1.54) is 6.20 Å². The summed E-state index contributed by atoms with van der Waals surface area (Å²) in [7, 11) is 0. The molecule has 2 N–H and O–H groups in total. The van der Waals surface area contributed by atoms with Crippen LogP contribution < -0.4 is 5.32 Å². The van der Waals surface area contributed by atoms with Crippen molar-refractivity contribution in [3.05, 3.63) is 35.8 Å². The molecule has 0 bridgehead atoms. The SMILES string of the molecule is CCOC(=O)CCC1CC2=C(C=CN(C=CC(=O)O)C2)NC1=O. The Hall–Kier alpha value is -2.57. The highest BCUT2D eigenvalue weighted by atomic mass is 16.5. The van der Waals surface area contributed by atoms with Crippen LogP contribution in [0.15, 0.2) is 35.8 Å². The van der Waals surface area contributed by atoms with Gasteiger partial charge >= 0.3 is 11.9 Å². The smallest absolute Gasteiger partial charge is 0.329 e. The van der Waals surface area contributed by atoms with Crippen LogP contribution in [0, 0.1) is 5.92 Å². The highest BCUT2D eigenvalue weighted by Crippen LogP contribution is 2.28. The first kappa shape index (κ1) is 16.8. The highest BCUT2D eigenvalue weighted by Gasteiger charge is 2.29. The molecule has 2 aliphatic heterocycles. The number of carbonyl (C=O) groups excluding carboxylic acids is 2. The van der Waals surface area contributed by atoms with E-state index in [0.717, 1.165) is 17.3 Å². The van der Waals surface area contributed by atoms with E-state index in [1.807, 2.05) is 0 Å². The van der Waals surface area contributed by atoms with Gasteiger partial charge in [-0.25, -0.2) is 4.79 Å². The third kappa shape index (κ3) is 4.70. The fourth-order valence-electron chi connectivity index (χ4n) is 2.60. The number of carbonyl (C=O) groups is 3. The lowest BCUT2D eigenvalue weighted by Crippen LogP contribution is -2.38. The second-order valence-electron chi connectivity index (χ2n) is 5.39. The first-order chi connectivity index (χ1) is 11.0. The average Bonchev–Trinajstić information content (AvgIpc) is 2.51. The van der Waals surface area contributed by atoms with Crippen molar-refractivity contribution >= 4 is 17.8 Å². The molecular formula is C16H20N2O5. The molecule has 0 aromatic rings. The number of carboxylic acid groups (broad SMARTS) is 1. The topological polar surface area (TPSA) is 95.9 Å². The summed E-state index contributed by atoms with van der Waals surface area (Å²) in [4.78, 5) is 35.8. The normalized spacial score (nSPS) is 20.5. The maximum absolute atomic E-state index is 12.1. The maximum Gasteiger partial charge on any atom is 0.329 e. The molecule has 0 radical (unpaired) electrons. The molecule has 0 spiro atoms. The van der Waals surface area contributed by atoms with Crippen LogP contribution in [0.1, 0.15) is 26.2 Å². The minimum absolute atomic E-state index is 0.0905. The molecule has 124 valence electrons. The van der Waals surface area contributed by atoms with Crippen LogP contribution >= 0.6 is 0 Å². The van der Waals surface area contributed by atoms with Crippen molar-refractivity contribution in [3.8, 4) is 0 Å². The van der Waals surface area contributed by atoms with E-state index in [9.17, 15) is 14.4 Å².